The molecule has 0 spiro atoms. The second-order valence-corrected chi connectivity index (χ2v) is 7.23. The van der Waals surface area contributed by atoms with Crippen molar-refractivity contribution in [1.29, 1.82) is 5.26 Å². The molecule has 2 heteroatoms. The Morgan fingerprint density at radius 1 is 1.25 bits per heavy atom. The summed E-state index contributed by atoms with van der Waals surface area (Å²) in [6, 6.07) is 2.61. The first kappa shape index (κ1) is 12.3. The van der Waals surface area contributed by atoms with E-state index in [1.807, 2.05) is 11.8 Å². The van der Waals surface area contributed by atoms with Gasteiger partial charge < -0.3 is 0 Å². The maximum atomic E-state index is 9.38. The van der Waals surface area contributed by atoms with Crippen LogP contribution in [0, 0.1) is 17.2 Å². The Bertz CT molecular complexity index is 256. The van der Waals surface area contributed by atoms with Crippen LogP contribution < -0.4 is 0 Å². The summed E-state index contributed by atoms with van der Waals surface area (Å²) in [7, 11) is 0. The number of rotatable bonds is 4. The van der Waals surface area contributed by atoms with Gasteiger partial charge in [-0.25, -0.2) is 0 Å². The Morgan fingerprint density at radius 3 is 2.50 bits per heavy atom. The van der Waals surface area contributed by atoms with Crippen molar-refractivity contribution in [2.75, 3.05) is 0 Å². The molecule has 0 heterocycles. The van der Waals surface area contributed by atoms with Crippen molar-refractivity contribution < 1.29 is 0 Å². The van der Waals surface area contributed by atoms with Crippen molar-refractivity contribution in [2.45, 2.75) is 74.7 Å². The number of nitrogens with zero attached hydrogens (tertiary/aromatic N) is 1. The number of hydrogen-bond acceptors (Lipinski definition) is 2. The minimum atomic E-state index is 0.0157. The summed E-state index contributed by atoms with van der Waals surface area (Å²) < 4.78 is 0.0157. The van der Waals surface area contributed by atoms with Crippen LogP contribution in [0.2, 0.25) is 0 Å². The molecule has 0 aromatic carbocycles. The van der Waals surface area contributed by atoms with Crippen LogP contribution in [-0.2, 0) is 0 Å². The van der Waals surface area contributed by atoms with Gasteiger partial charge in [-0.1, -0.05) is 39.0 Å². The fourth-order valence-electron chi connectivity index (χ4n) is 3.20. The van der Waals surface area contributed by atoms with E-state index in [0.717, 1.165) is 11.2 Å². The maximum Gasteiger partial charge on any atom is 0.103 e. The van der Waals surface area contributed by atoms with Crippen molar-refractivity contribution in [3.8, 4) is 6.07 Å². The van der Waals surface area contributed by atoms with Crippen LogP contribution in [-0.4, -0.2) is 10.00 Å². The fourth-order valence-corrected chi connectivity index (χ4v) is 5.12. The first-order chi connectivity index (χ1) is 7.78. The zero-order valence-electron chi connectivity index (χ0n) is 10.4. The lowest BCUT2D eigenvalue weighted by Crippen LogP contribution is -2.41. The van der Waals surface area contributed by atoms with Crippen molar-refractivity contribution in [1.82, 2.24) is 0 Å². The summed E-state index contributed by atoms with van der Waals surface area (Å²) in [5, 5.41) is 10.2. The summed E-state index contributed by atoms with van der Waals surface area (Å²) in [4.78, 5) is 0. The van der Waals surface area contributed by atoms with Crippen molar-refractivity contribution in [3.63, 3.8) is 0 Å². The van der Waals surface area contributed by atoms with E-state index in [9.17, 15) is 5.26 Å². The summed E-state index contributed by atoms with van der Waals surface area (Å²) in [5.74, 6) is 0.848. The van der Waals surface area contributed by atoms with Gasteiger partial charge in [-0.05, 0) is 31.6 Å². The molecule has 2 fully saturated rings. The van der Waals surface area contributed by atoms with E-state index in [4.69, 9.17) is 0 Å². The highest BCUT2D eigenvalue weighted by molar-refractivity contribution is 8.01. The van der Waals surface area contributed by atoms with Gasteiger partial charge in [0.15, 0.2) is 0 Å². The molecule has 0 aliphatic heterocycles. The number of hydrogen-bond donors (Lipinski definition) is 0. The average molecular weight is 237 g/mol. The molecule has 0 amide bonds. The molecule has 0 atom stereocenters. The Labute approximate surface area is 104 Å². The Balaban J connectivity index is 1.80. The standard InChI is InChI=1S/C14H23NS/c1-2-6-12-9-14(10-12,11-15)16-13-7-4-3-5-8-13/h12-13H,2-10H2,1H3. The smallest absolute Gasteiger partial charge is 0.103 e. The highest BCUT2D eigenvalue weighted by Gasteiger charge is 2.46. The van der Waals surface area contributed by atoms with E-state index in [0.29, 0.717) is 0 Å². The van der Waals surface area contributed by atoms with Crippen molar-refractivity contribution in [3.05, 3.63) is 0 Å². The third-order valence-corrected chi connectivity index (χ3v) is 5.76. The largest absolute Gasteiger partial charge is 0.197 e. The lowest BCUT2D eigenvalue weighted by atomic mass is 9.73. The van der Waals surface area contributed by atoms with Gasteiger partial charge in [-0.15, -0.1) is 11.8 Å². The molecule has 16 heavy (non-hydrogen) atoms. The minimum absolute atomic E-state index is 0.0157. The monoisotopic (exact) mass is 237 g/mol. The molecule has 0 aromatic rings. The zero-order chi connectivity index (χ0) is 11.4. The molecule has 0 radical (unpaired) electrons. The molecule has 0 unspecified atom stereocenters. The first-order valence-corrected chi connectivity index (χ1v) is 7.75. The zero-order valence-corrected chi connectivity index (χ0v) is 11.2. The van der Waals surface area contributed by atoms with Gasteiger partial charge in [-0.3, -0.25) is 0 Å². The molecule has 0 saturated heterocycles. The van der Waals surface area contributed by atoms with Crippen LogP contribution in [0.25, 0.3) is 0 Å². The van der Waals surface area contributed by atoms with Crippen molar-refractivity contribution in [2.24, 2.45) is 5.92 Å². The van der Waals surface area contributed by atoms with Gasteiger partial charge in [0.1, 0.15) is 4.75 Å². The van der Waals surface area contributed by atoms with Crippen LogP contribution >= 0.6 is 11.8 Å². The second kappa shape index (κ2) is 5.45. The Morgan fingerprint density at radius 2 is 1.94 bits per heavy atom. The highest BCUT2D eigenvalue weighted by Crippen LogP contribution is 2.52. The normalized spacial score (nSPS) is 35.4. The highest BCUT2D eigenvalue weighted by atomic mass is 32.2. The lowest BCUT2D eigenvalue weighted by molar-refractivity contribution is 0.257. The van der Waals surface area contributed by atoms with E-state index < -0.39 is 0 Å². The Hall–Kier alpha value is -0.160. The second-order valence-electron chi connectivity index (χ2n) is 5.55. The summed E-state index contributed by atoms with van der Waals surface area (Å²) in [6.45, 7) is 2.25. The summed E-state index contributed by atoms with van der Waals surface area (Å²) in [6.07, 6.45) is 11.8. The molecule has 2 saturated carbocycles. The fraction of sp³-hybridized carbons (Fsp3) is 0.929. The van der Waals surface area contributed by atoms with Crippen LogP contribution in [0.3, 0.4) is 0 Å². The molecule has 2 aliphatic carbocycles. The van der Waals surface area contributed by atoms with Crippen LogP contribution in [0.4, 0.5) is 0 Å². The Kier molecular flexibility index (Phi) is 4.19. The summed E-state index contributed by atoms with van der Waals surface area (Å²) in [5.41, 5.74) is 0. The van der Waals surface area contributed by atoms with E-state index in [1.165, 1.54) is 57.8 Å². The van der Waals surface area contributed by atoms with E-state index in [1.54, 1.807) is 0 Å². The molecule has 2 aliphatic rings. The maximum absolute atomic E-state index is 9.38. The van der Waals surface area contributed by atoms with E-state index in [2.05, 4.69) is 13.0 Å². The van der Waals surface area contributed by atoms with E-state index in [-0.39, 0.29) is 4.75 Å². The predicted molar refractivity (Wildman–Crippen MR) is 70.4 cm³/mol. The topological polar surface area (TPSA) is 23.8 Å². The molecule has 0 aromatic heterocycles. The number of thioether (sulfide) groups is 1. The SMILES string of the molecule is CCCC1CC(C#N)(SC2CCCCC2)C1. The molecule has 0 N–H and O–H groups in total. The van der Waals surface area contributed by atoms with Gasteiger partial charge in [0, 0.05) is 5.25 Å². The van der Waals surface area contributed by atoms with Crippen molar-refractivity contribution >= 4 is 11.8 Å². The molecular weight excluding hydrogens is 214 g/mol. The molecule has 90 valence electrons. The number of nitriles is 1. The first-order valence-electron chi connectivity index (χ1n) is 6.87. The lowest BCUT2D eigenvalue weighted by Gasteiger charge is -2.44. The van der Waals surface area contributed by atoms with Crippen LogP contribution in [0.1, 0.15) is 64.7 Å². The average Bonchev–Trinajstić information content (AvgIpc) is 2.27. The quantitative estimate of drug-likeness (QED) is 0.717. The summed E-state index contributed by atoms with van der Waals surface area (Å²) >= 11 is 2.02. The molecular formula is C14H23NS. The van der Waals surface area contributed by atoms with Gasteiger partial charge >= 0.3 is 0 Å². The predicted octanol–water partition coefficient (Wildman–Crippen LogP) is 4.52. The van der Waals surface area contributed by atoms with Crippen LogP contribution in [0.15, 0.2) is 0 Å². The third kappa shape index (κ3) is 2.74. The van der Waals surface area contributed by atoms with Gasteiger partial charge in [0.25, 0.3) is 0 Å². The van der Waals surface area contributed by atoms with Gasteiger partial charge in [0.05, 0.1) is 6.07 Å². The third-order valence-electron chi connectivity index (χ3n) is 4.08. The molecule has 1 nitrogen and oxygen atoms in total. The van der Waals surface area contributed by atoms with Crippen LogP contribution in [0.5, 0.6) is 0 Å². The van der Waals surface area contributed by atoms with Gasteiger partial charge in [-0.2, -0.15) is 5.26 Å². The minimum Gasteiger partial charge on any atom is -0.197 e. The van der Waals surface area contributed by atoms with E-state index >= 15 is 0 Å². The van der Waals surface area contributed by atoms with Gasteiger partial charge in [0.2, 0.25) is 0 Å². The molecule has 2 rings (SSSR count). The molecule has 0 bridgehead atoms.